The second-order valence-corrected chi connectivity index (χ2v) is 6.68. The lowest BCUT2D eigenvalue weighted by Crippen LogP contribution is -2.15. The van der Waals surface area contributed by atoms with E-state index in [0.717, 1.165) is 22.0 Å². The molecular weight excluding hydrogens is 286 g/mol. The van der Waals surface area contributed by atoms with E-state index in [1.165, 1.54) is 0 Å². The number of sulfonamides is 1. The molecule has 0 atom stereocenters. The van der Waals surface area contributed by atoms with Gasteiger partial charge in [0.1, 0.15) is 0 Å². The molecule has 0 aliphatic rings. The first-order chi connectivity index (χ1) is 10.0. The molecule has 0 aliphatic carbocycles. The van der Waals surface area contributed by atoms with E-state index in [4.69, 9.17) is 0 Å². The highest BCUT2D eigenvalue weighted by Gasteiger charge is 2.13. The van der Waals surface area contributed by atoms with Crippen LogP contribution >= 0.6 is 0 Å². The van der Waals surface area contributed by atoms with Gasteiger partial charge in [-0.1, -0.05) is 24.3 Å². The first kappa shape index (κ1) is 13.6. The fraction of sp³-hybridized carbons (Fsp3) is 0.133. The van der Waals surface area contributed by atoms with Crippen LogP contribution in [0.15, 0.2) is 48.7 Å². The van der Waals surface area contributed by atoms with Crippen LogP contribution in [0.5, 0.6) is 0 Å². The number of rotatable bonds is 4. The predicted octanol–water partition coefficient (Wildman–Crippen LogP) is 2.81. The monoisotopic (exact) mass is 301 g/mol. The van der Waals surface area contributed by atoms with Crippen molar-refractivity contribution < 1.29 is 8.42 Å². The highest BCUT2D eigenvalue weighted by molar-refractivity contribution is 7.91. The molecule has 0 aliphatic heterocycles. The first-order valence-electron chi connectivity index (χ1n) is 6.52. The molecule has 1 heterocycles. The van der Waals surface area contributed by atoms with Crippen LogP contribution in [0.1, 0.15) is 11.1 Å². The van der Waals surface area contributed by atoms with Crippen LogP contribution < -0.4 is 4.72 Å². The number of aromatic amines is 1. The molecule has 5 nitrogen and oxygen atoms in total. The third-order valence-electron chi connectivity index (χ3n) is 3.32. The zero-order valence-corrected chi connectivity index (χ0v) is 12.3. The minimum absolute atomic E-state index is 0.0386. The van der Waals surface area contributed by atoms with Crippen molar-refractivity contribution in [3.63, 3.8) is 0 Å². The number of aryl methyl sites for hydroxylation is 1. The van der Waals surface area contributed by atoms with Crippen molar-refractivity contribution in [1.29, 1.82) is 0 Å². The van der Waals surface area contributed by atoms with Gasteiger partial charge in [0.25, 0.3) is 0 Å². The van der Waals surface area contributed by atoms with Gasteiger partial charge in [-0.2, -0.15) is 5.10 Å². The SMILES string of the molecule is Cc1ccccc1CS(=O)(=O)Nc1ccc2[nH]ncc2c1. The second kappa shape index (κ2) is 5.21. The molecule has 1 aromatic heterocycles. The van der Waals surface area contributed by atoms with Crippen LogP contribution in [0.4, 0.5) is 5.69 Å². The number of hydrogen-bond acceptors (Lipinski definition) is 3. The molecule has 0 bridgehead atoms. The lowest BCUT2D eigenvalue weighted by molar-refractivity contribution is 0.600. The topological polar surface area (TPSA) is 74.8 Å². The van der Waals surface area contributed by atoms with Gasteiger partial charge in [0.2, 0.25) is 10.0 Å². The molecular formula is C15H15N3O2S. The van der Waals surface area contributed by atoms with E-state index in [-0.39, 0.29) is 5.75 Å². The maximum atomic E-state index is 12.3. The Morgan fingerprint density at radius 3 is 2.81 bits per heavy atom. The molecule has 0 radical (unpaired) electrons. The average molecular weight is 301 g/mol. The maximum Gasteiger partial charge on any atom is 0.236 e. The van der Waals surface area contributed by atoms with Gasteiger partial charge in [-0.25, -0.2) is 8.42 Å². The summed E-state index contributed by atoms with van der Waals surface area (Å²) in [5, 5.41) is 7.61. The summed E-state index contributed by atoms with van der Waals surface area (Å²) in [7, 11) is -3.44. The van der Waals surface area contributed by atoms with E-state index in [1.54, 1.807) is 24.4 Å². The Kier molecular flexibility index (Phi) is 3.39. The van der Waals surface area contributed by atoms with Crippen molar-refractivity contribution in [2.45, 2.75) is 12.7 Å². The molecule has 2 N–H and O–H groups in total. The lowest BCUT2D eigenvalue weighted by atomic mass is 10.1. The summed E-state index contributed by atoms with van der Waals surface area (Å²) in [6.07, 6.45) is 1.66. The van der Waals surface area contributed by atoms with Crippen molar-refractivity contribution >= 4 is 26.6 Å². The van der Waals surface area contributed by atoms with E-state index < -0.39 is 10.0 Å². The molecule has 3 rings (SSSR count). The largest absolute Gasteiger partial charge is 0.283 e. The summed E-state index contributed by atoms with van der Waals surface area (Å²) in [6, 6.07) is 12.7. The minimum Gasteiger partial charge on any atom is -0.283 e. The van der Waals surface area contributed by atoms with Crippen LogP contribution in [0.3, 0.4) is 0 Å². The molecule has 3 aromatic rings. The summed E-state index contributed by atoms with van der Waals surface area (Å²) in [6.45, 7) is 1.91. The molecule has 6 heteroatoms. The first-order valence-corrected chi connectivity index (χ1v) is 8.17. The van der Waals surface area contributed by atoms with Crippen LogP contribution in [-0.4, -0.2) is 18.6 Å². The summed E-state index contributed by atoms with van der Waals surface area (Å²) in [5.41, 5.74) is 3.18. The van der Waals surface area contributed by atoms with Gasteiger partial charge in [0, 0.05) is 11.1 Å². The standard InChI is InChI=1S/C15H15N3O2S/c1-11-4-2-3-5-12(11)10-21(19,20)18-14-6-7-15-13(8-14)9-16-17-15/h2-9,18H,10H2,1H3,(H,16,17). The molecule has 2 aromatic carbocycles. The molecule has 0 amide bonds. The third kappa shape index (κ3) is 3.05. The fourth-order valence-corrected chi connectivity index (χ4v) is 3.49. The quantitative estimate of drug-likeness (QED) is 0.778. The number of H-pyrrole nitrogens is 1. The van der Waals surface area contributed by atoms with Gasteiger partial charge in [0.05, 0.1) is 17.5 Å². The van der Waals surface area contributed by atoms with Crippen molar-refractivity contribution in [3.05, 3.63) is 59.8 Å². The highest BCUT2D eigenvalue weighted by atomic mass is 32.2. The van der Waals surface area contributed by atoms with Crippen LogP contribution in [0.25, 0.3) is 10.9 Å². The van der Waals surface area contributed by atoms with Crippen molar-refractivity contribution in [2.24, 2.45) is 0 Å². The van der Waals surface area contributed by atoms with Crippen LogP contribution in [0.2, 0.25) is 0 Å². The number of nitrogens with one attached hydrogen (secondary N) is 2. The van der Waals surface area contributed by atoms with Gasteiger partial charge >= 0.3 is 0 Å². The number of aromatic nitrogens is 2. The van der Waals surface area contributed by atoms with Crippen molar-refractivity contribution in [1.82, 2.24) is 10.2 Å². The number of nitrogens with zero attached hydrogens (tertiary/aromatic N) is 1. The van der Waals surface area contributed by atoms with Crippen LogP contribution in [0, 0.1) is 6.92 Å². The molecule has 0 saturated heterocycles. The van der Waals surface area contributed by atoms with Crippen molar-refractivity contribution in [3.8, 4) is 0 Å². The molecule has 21 heavy (non-hydrogen) atoms. The lowest BCUT2D eigenvalue weighted by Gasteiger charge is -2.10. The Morgan fingerprint density at radius 1 is 1.19 bits per heavy atom. The van der Waals surface area contributed by atoms with E-state index in [1.807, 2.05) is 31.2 Å². The summed E-state index contributed by atoms with van der Waals surface area (Å²) in [4.78, 5) is 0. The van der Waals surface area contributed by atoms with Gasteiger partial charge in [0.15, 0.2) is 0 Å². The zero-order valence-electron chi connectivity index (χ0n) is 11.5. The van der Waals surface area contributed by atoms with E-state index in [9.17, 15) is 8.42 Å². The smallest absolute Gasteiger partial charge is 0.236 e. The van der Waals surface area contributed by atoms with Crippen molar-refractivity contribution in [2.75, 3.05) is 4.72 Å². The molecule has 0 fully saturated rings. The Balaban J connectivity index is 1.84. The number of hydrogen-bond donors (Lipinski definition) is 2. The van der Waals surface area contributed by atoms with Gasteiger partial charge < -0.3 is 0 Å². The van der Waals surface area contributed by atoms with Gasteiger partial charge in [-0.3, -0.25) is 9.82 Å². The zero-order chi connectivity index (χ0) is 14.9. The Labute approximate surface area is 123 Å². The second-order valence-electron chi connectivity index (χ2n) is 4.96. The summed E-state index contributed by atoms with van der Waals surface area (Å²) >= 11 is 0. The highest BCUT2D eigenvalue weighted by Crippen LogP contribution is 2.19. The summed E-state index contributed by atoms with van der Waals surface area (Å²) in [5.74, 6) is -0.0386. The summed E-state index contributed by atoms with van der Waals surface area (Å²) < 4.78 is 27.1. The molecule has 0 unspecified atom stereocenters. The molecule has 0 spiro atoms. The van der Waals surface area contributed by atoms with E-state index in [0.29, 0.717) is 5.69 Å². The Bertz CT molecular complexity index is 885. The maximum absolute atomic E-state index is 12.3. The normalized spacial score (nSPS) is 11.7. The van der Waals surface area contributed by atoms with Gasteiger partial charge in [-0.15, -0.1) is 0 Å². The third-order valence-corrected chi connectivity index (χ3v) is 4.56. The molecule has 0 saturated carbocycles. The minimum atomic E-state index is -3.44. The number of anilines is 1. The Morgan fingerprint density at radius 2 is 2.00 bits per heavy atom. The predicted molar refractivity (Wildman–Crippen MR) is 83.5 cm³/mol. The van der Waals surface area contributed by atoms with Crippen LogP contribution in [-0.2, 0) is 15.8 Å². The number of benzene rings is 2. The van der Waals surface area contributed by atoms with Gasteiger partial charge in [-0.05, 0) is 36.2 Å². The Hall–Kier alpha value is -2.34. The molecule has 108 valence electrons. The van der Waals surface area contributed by atoms with E-state index >= 15 is 0 Å². The van der Waals surface area contributed by atoms with E-state index in [2.05, 4.69) is 14.9 Å². The fourth-order valence-electron chi connectivity index (χ4n) is 2.20. The number of fused-ring (bicyclic) bond motifs is 1. The average Bonchev–Trinajstić information content (AvgIpc) is 2.88.